The van der Waals surface area contributed by atoms with Gasteiger partial charge in [-0.05, 0) is 18.6 Å². The lowest BCUT2D eigenvalue weighted by Gasteiger charge is -2.11. The largest absolute Gasteiger partial charge is 0.320 e. The van der Waals surface area contributed by atoms with Crippen LogP contribution in [0.2, 0.25) is 0 Å². The Morgan fingerprint density at radius 1 is 1.44 bits per heavy atom. The number of hydrogen-bond acceptors (Lipinski definition) is 2. The Kier molecular flexibility index (Phi) is 5.28. The van der Waals surface area contributed by atoms with E-state index in [2.05, 4.69) is 16.6 Å². The smallest absolute Gasteiger partial charge is 0.238 e. The molecule has 0 spiro atoms. The van der Waals surface area contributed by atoms with E-state index in [1.54, 1.807) is 0 Å². The number of nitrogens with one attached hydrogen (secondary N) is 2. The van der Waals surface area contributed by atoms with E-state index in [1.165, 1.54) is 6.07 Å². The van der Waals surface area contributed by atoms with Gasteiger partial charge >= 0.3 is 0 Å². The highest BCUT2D eigenvalue weighted by Crippen LogP contribution is 2.17. The Labute approximate surface area is 105 Å². The predicted molar refractivity (Wildman–Crippen MR) is 65.9 cm³/mol. The third-order valence-corrected chi connectivity index (χ3v) is 2.35. The van der Waals surface area contributed by atoms with Gasteiger partial charge in [-0.1, -0.05) is 18.9 Å². The van der Waals surface area contributed by atoms with E-state index in [9.17, 15) is 13.6 Å². The van der Waals surface area contributed by atoms with Crippen molar-refractivity contribution >= 4 is 11.6 Å². The predicted octanol–water partition coefficient (Wildman–Crippen LogP) is 1.90. The number of rotatable bonds is 5. The SMILES string of the molecule is C#CC(CC)NCC(=O)Nc1c(F)cccc1F. The molecule has 1 rings (SSSR count). The van der Waals surface area contributed by atoms with E-state index >= 15 is 0 Å². The summed E-state index contributed by atoms with van der Waals surface area (Å²) >= 11 is 0. The Morgan fingerprint density at radius 3 is 2.56 bits per heavy atom. The van der Waals surface area contributed by atoms with Gasteiger partial charge in [0.2, 0.25) is 5.91 Å². The number of anilines is 1. The van der Waals surface area contributed by atoms with Gasteiger partial charge in [0.05, 0.1) is 12.6 Å². The summed E-state index contributed by atoms with van der Waals surface area (Å²) in [6, 6.07) is 3.13. The van der Waals surface area contributed by atoms with Gasteiger partial charge in [-0.2, -0.15) is 0 Å². The monoisotopic (exact) mass is 252 g/mol. The summed E-state index contributed by atoms with van der Waals surface area (Å²) in [5.41, 5.74) is -0.446. The van der Waals surface area contributed by atoms with Crippen LogP contribution in [0.25, 0.3) is 0 Å². The molecule has 0 fully saturated rings. The number of para-hydroxylation sites is 1. The Bertz CT molecular complexity index is 448. The lowest BCUT2D eigenvalue weighted by atomic mass is 10.2. The summed E-state index contributed by atoms with van der Waals surface area (Å²) in [7, 11) is 0. The first-order chi connectivity index (χ1) is 8.58. The molecule has 0 aliphatic rings. The lowest BCUT2D eigenvalue weighted by Crippen LogP contribution is -2.35. The Hall–Kier alpha value is -1.93. The fraction of sp³-hybridized carbons (Fsp3) is 0.308. The summed E-state index contributed by atoms with van der Waals surface area (Å²) in [5, 5.41) is 4.95. The van der Waals surface area contributed by atoms with Crippen molar-refractivity contribution in [2.45, 2.75) is 19.4 Å². The molecular weight excluding hydrogens is 238 g/mol. The zero-order valence-electron chi connectivity index (χ0n) is 9.97. The Balaban J connectivity index is 2.58. The van der Waals surface area contributed by atoms with Crippen molar-refractivity contribution in [2.75, 3.05) is 11.9 Å². The quantitative estimate of drug-likeness (QED) is 0.786. The molecule has 0 saturated carbocycles. The number of halogens is 2. The van der Waals surface area contributed by atoms with E-state index in [4.69, 9.17) is 6.42 Å². The van der Waals surface area contributed by atoms with Crippen LogP contribution in [0.4, 0.5) is 14.5 Å². The first-order valence-electron chi connectivity index (χ1n) is 5.51. The normalized spacial score (nSPS) is 11.7. The van der Waals surface area contributed by atoms with Crippen LogP contribution in [0, 0.1) is 24.0 Å². The Morgan fingerprint density at radius 2 is 2.06 bits per heavy atom. The average molecular weight is 252 g/mol. The molecular formula is C13H14F2N2O. The molecule has 3 nitrogen and oxygen atoms in total. The molecule has 2 N–H and O–H groups in total. The molecule has 0 bridgehead atoms. The maximum absolute atomic E-state index is 13.2. The second-order valence-electron chi connectivity index (χ2n) is 3.65. The minimum atomic E-state index is -0.813. The fourth-order valence-electron chi connectivity index (χ4n) is 1.34. The van der Waals surface area contributed by atoms with Crippen molar-refractivity contribution < 1.29 is 13.6 Å². The molecule has 96 valence electrons. The third kappa shape index (κ3) is 3.82. The van der Waals surface area contributed by atoms with E-state index < -0.39 is 23.2 Å². The van der Waals surface area contributed by atoms with E-state index in [0.717, 1.165) is 12.1 Å². The van der Waals surface area contributed by atoms with Gasteiger partial charge in [0, 0.05) is 0 Å². The maximum Gasteiger partial charge on any atom is 0.238 e. The molecule has 1 atom stereocenters. The molecule has 18 heavy (non-hydrogen) atoms. The van der Waals surface area contributed by atoms with Crippen molar-refractivity contribution in [3.8, 4) is 12.3 Å². The molecule has 5 heteroatoms. The van der Waals surface area contributed by atoms with Gasteiger partial charge in [0.1, 0.15) is 17.3 Å². The number of amides is 1. The number of hydrogen-bond donors (Lipinski definition) is 2. The van der Waals surface area contributed by atoms with Crippen LogP contribution in [-0.2, 0) is 4.79 Å². The van der Waals surface area contributed by atoms with Gasteiger partial charge in [-0.15, -0.1) is 6.42 Å². The topological polar surface area (TPSA) is 41.1 Å². The summed E-state index contributed by atoms with van der Waals surface area (Å²) in [6.07, 6.45) is 5.87. The standard InChI is InChI=1S/C13H14F2N2O/c1-3-9(4-2)16-8-12(18)17-13-10(14)6-5-7-11(13)15/h1,5-7,9,16H,4,8H2,2H3,(H,17,18). The molecule has 0 aromatic heterocycles. The highest BCUT2D eigenvalue weighted by Gasteiger charge is 2.12. The van der Waals surface area contributed by atoms with Gasteiger partial charge in [0.25, 0.3) is 0 Å². The van der Waals surface area contributed by atoms with Crippen molar-refractivity contribution in [3.63, 3.8) is 0 Å². The average Bonchev–Trinajstić information content (AvgIpc) is 2.35. The van der Waals surface area contributed by atoms with E-state index in [0.29, 0.717) is 6.42 Å². The van der Waals surface area contributed by atoms with Crippen molar-refractivity contribution in [2.24, 2.45) is 0 Å². The van der Waals surface area contributed by atoms with Gasteiger partial charge < -0.3 is 5.32 Å². The molecule has 0 saturated heterocycles. The second kappa shape index (κ2) is 6.72. The number of carbonyl (C=O) groups excluding carboxylic acids is 1. The molecule has 1 unspecified atom stereocenters. The zero-order chi connectivity index (χ0) is 13.5. The number of carbonyl (C=O) groups is 1. The summed E-state index contributed by atoms with van der Waals surface area (Å²) in [5.74, 6) is 0.281. The molecule has 0 aliphatic heterocycles. The number of benzene rings is 1. The highest BCUT2D eigenvalue weighted by atomic mass is 19.1. The van der Waals surface area contributed by atoms with Crippen molar-refractivity contribution in [1.29, 1.82) is 0 Å². The van der Waals surface area contributed by atoms with Crippen LogP contribution in [0.15, 0.2) is 18.2 Å². The van der Waals surface area contributed by atoms with E-state index in [1.807, 2.05) is 6.92 Å². The summed E-state index contributed by atoms with van der Waals surface area (Å²) in [4.78, 5) is 11.5. The van der Waals surface area contributed by atoms with Crippen LogP contribution in [0.5, 0.6) is 0 Å². The third-order valence-electron chi connectivity index (χ3n) is 2.35. The van der Waals surface area contributed by atoms with Crippen molar-refractivity contribution in [3.05, 3.63) is 29.8 Å². The molecule has 0 heterocycles. The zero-order valence-corrected chi connectivity index (χ0v) is 9.97. The van der Waals surface area contributed by atoms with Crippen molar-refractivity contribution in [1.82, 2.24) is 5.32 Å². The van der Waals surface area contributed by atoms with E-state index in [-0.39, 0.29) is 12.6 Å². The van der Waals surface area contributed by atoms with Gasteiger partial charge in [0.15, 0.2) is 0 Å². The summed E-state index contributed by atoms with van der Waals surface area (Å²) in [6.45, 7) is 1.77. The highest BCUT2D eigenvalue weighted by molar-refractivity contribution is 5.92. The first kappa shape index (κ1) is 14.1. The molecule has 0 aliphatic carbocycles. The van der Waals surface area contributed by atoms with Gasteiger partial charge in [-0.25, -0.2) is 8.78 Å². The van der Waals surface area contributed by atoms with Crippen LogP contribution in [-0.4, -0.2) is 18.5 Å². The summed E-state index contributed by atoms with van der Waals surface area (Å²) < 4.78 is 26.5. The fourth-order valence-corrected chi connectivity index (χ4v) is 1.34. The van der Waals surface area contributed by atoms with Crippen LogP contribution in [0.1, 0.15) is 13.3 Å². The minimum Gasteiger partial charge on any atom is -0.320 e. The lowest BCUT2D eigenvalue weighted by molar-refractivity contribution is -0.115. The van der Waals surface area contributed by atoms with Gasteiger partial charge in [-0.3, -0.25) is 10.1 Å². The molecule has 1 aromatic rings. The second-order valence-corrected chi connectivity index (χ2v) is 3.65. The van der Waals surface area contributed by atoms with Crippen LogP contribution in [0.3, 0.4) is 0 Å². The maximum atomic E-state index is 13.2. The molecule has 1 amide bonds. The van der Waals surface area contributed by atoms with Crippen LogP contribution < -0.4 is 10.6 Å². The number of terminal acetylenes is 1. The molecule has 0 radical (unpaired) electrons. The first-order valence-corrected chi connectivity index (χ1v) is 5.51. The molecule has 1 aromatic carbocycles. The van der Waals surface area contributed by atoms with Crippen LogP contribution >= 0.6 is 0 Å². The minimum absolute atomic E-state index is 0.101.